The number of benzene rings is 1. The largest absolute Gasteiger partial charge is 0.340 e. The molecule has 0 spiro atoms. The van der Waals surface area contributed by atoms with Crippen LogP contribution in [0, 0.1) is 6.92 Å². The molecule has 3 aromatic rings. The highest BCUT2D eigenvalue weighted by atomic mass is 16.2. The van der Waals surface area contributed by atoms with Crippen LogP contribution in [0.5, 0.6) is 0 Å². The monoisotopic (exact) mass is 366 g/mol. The molecule has 1 fully saturated rings. The molecule has 0 atom stereocenters. The highest BCUT2D eigenvalue weighted by Gasteiger charge is 2.21. The second kappa shape index (κ2) is 7.52. The molecule has 1 saturated heterocycles. The number of amides is 1. The Morgan fingerprint density at radius 2 is 1.85 bits per heavy atom. The second-order valence-corrected chi connectivity index (χ2v) is 7.20. The summed E-state index contributed by atoms with van der Waals surface area (Å²) in [6, 6.07) is 10.5. The van der Waals surface area contributed by atoms with E-state index in [0.29, 0.717) is 13.0 Å². The zero-order valence-electron chi connectivity index (χ0n) is 16.0. The SMILES string of the molecule is Cc1nn(C)c2cnn(CCC(=O)N3CCN(Cc4ccccc4)CC3)c12. The molecule has 1 aliphatic rings. The predicted molar refractivity (Wildman–Crippen MR) is 104 cm³/mol. The molecule has 7 heteroatoms. The van der Waals surface area contributed by atoms with Crippen LogP contribution in [0.2, 0.25) is 0 Å². The minimum atomic E-state index is 0.208. The maximum Gasteiger partial charge on any atom is 0.224 e. The van der Waals surface area contributed by atoms with Gasteiger partial charge in [-0.15, -0.1) is 0 Å². The first-order chi connectivity index (χ1) is 13.1. The van der Waals surface area contributed by atoms with Crippen LogP contribution in [-0.2, 0) is 24.9 Å². The Hall–Kier alpha value is -2.67. The molecule has 0 saturated carbocycles. The fourth-order valence-corrected chi connectivity index (χ4v) is 3.84. The Balaban J connectivity index is 1.29. The maximum absolute atomic E-state index is 12.6. The van der Waals surface area contributed by atoms with Crippen molar-refractivity contribution in [3.05, 3.63) is 47.8 Å². The number of rotatable bonds is 5. The first-order valence-electron chi connectivity index (χ1n) is 9.51. The number of aryl methyl sites for hydroxylation is 3. The summed E-state index contributed by atoms with van der Waals surface area (Å²) in [4.78, 5) is 17.0. The summed E-state index contributed by atoms with van der Waals surface area (Å²) in [6.45, 7) is 6.97. The lowest BCUT2D eigenvalue weighted by Gasteiger charge is -2.34. The van der Waals surface area contributed by atoms with Crippen LogP contribution in [0.4, 0.5) is 0 Å². The minimum Gasteiger partial charge on any atom is -0.340 e. The van der Waals surface area contributed by atoms with E-state index in [4.69, 9.17) is 0 Å². The van der Waals surface area contributed by atoms with Gasteiger partial charge in [-0.1, -0.05) is 30.3 Å². The number of hydrogen-bond acceptors (Lipinski definition) is 4. The fraction of sp³-hybridized carbons (Fsp3) is 0.450. The summed E-state index contributed by atoms with van der Waals surface area (Å²) in [5.41, 5.74) is 4.31. The van der Waals surface area contributed by atoms with Crippen molar-refractivity contribution in [1.82, 2.24) is 29.4 Å². The molecule has 0 aliphatic carbocycles. The van der Waals surface area contributed by atoms with Gasteiger partial charge >= 0.3 is 0 Å². The number of piperazine rings is 1. The van der Waals surface area contributed by atoms with E-state index < -0.39 is 0 Å². The van der Waals surface area contributed by atoms with E-state index in [0.717, 1.165) is 49.5 Å². The lowest BCUT2D eigenvalue weighted by molar-refractivity contribution is -0.133. The van der Waals surface area contributed by atoms with Crippen molar-refractivity contribution in [2.24, 2.45) is 7.05 Å². The summed E-state index contributed by atoms with van der Waals surface area (Å²) in [5.74, 6) is 0.208. The molecule has 1 aliphatic heterocycles. The standard InChI is InChI=1S/C20H26N6O/c1-16-20-18(23(2)22-16)14-21-26(20)9-8-19(27)25-12-10-24(11-13-25)15-17-6-4-3-5-7-17/h3-7,14H,8-13,15H2,1-2H3. The van der Waals surface area contributed by atoms with E-state index in [2.05, 4.69) is 39.4 Å². The van der Waals surface area contributed by atoms with Gasteiger partial charge in [-0.05, 0) is 12.5 Å². The molecule has 0 bridgehead atoms. The van der Waals surface area contributed by atoms with E-state index in [9.17, 15) is 4.79 Å². The number of nitrogens with zero attached hydrogens (tertiary/aromatic N) is 6. The van der Waals surface area contributed by atoms with Crippen LogP contribution in [-0.4, -0.2) is 61.4 Å². The Labute approximate surface area is 159 Å². The number of carbonyl (C=O) groups excluding carboxylic acids is 1. The van der Waals surface area contributed by atoms with Gasteiger partial charge in [-0.25, -0.2) is 0 Å². The zero-order chi connectivity index (χ0) is 18.8. The van der Waals surface area contributed by atoms with Crippen molar-refractivity contribution in [3.63, 3.8) is 0 Å². The average molecular weight is 366 g/mol. The number of carbonyl (C=O) groups is 1. The van der Waals surface area contributed by atoms with Gasteiger partial charge < -0.3 is 4.90 Å². The Morgan fingerprint density at radius 3 is 2.59 bits per heavy atom. The molecule has 142 valence electrons. The first-order valence-corrected chi connectivity index (χ1v) is 9.51. The predicted octanol–water partition coefficient (Wildman–Crippen LogP) is 1.81. The van der Waals surface area contributed by atoms with Crippen LogP contribution in [0.1, 0.15) is 17.7 Å². The molecule has 27 heavy (non-hydrogen) atoms. The smallest absolute Gasteiger partial charge is 0.224 e. The molecule has 0 N–H and O–H groups in total. The van der Waals surface area contributed by atoms with Gasteiger partial charge in [0.15, 0.2) is 0 Å². The highest BCUT2D eigenvalue weighted by molar-refractivity contribution is 5.78. The van der Waals surface area contributed by atoms with Crippen molar-refractivity contribution >= 4 is 16.9 Å². The van der Waals surface area contributed by atoms with E-state index in [-0.39, 0.29) is 5.91 Å². The van der Waals surface area contributed by atoms with Crippen LogP contribution in [0.15, 0.2) is 36.5 Å². The van der Waals surface area contributed by atoms with Gasteiger partial charge in [0.25, 0.3) is 0 Å². The Kier molecular flexibility index (Phi) is 4.94. The summed E-state index contributed by atoms with van der Waals surface area (Å²) in [5, 5.41) is 8.86. The summed E-state index contributed by atoms with van der Waals surface area (Å²) in [7, 11) is 1.92. The summed E-state index contributed by atoms with van der Waals surface area (Å²) < 4.78 is 3.74. The highest BCUT2D eigenvalue weighted by Crippen LogP contribution is 2.17. The van der Waals surface area contributed by atoms with Crippen molar-refractivity contribution < 1.29 is 4.79 Å². The summed E-state index contributed by atoms with van der Waals surface area (Å²) >= 11 is 0. The zero-order valence-corrected chi connectivity index (χ0v) is 16.0. The number of fused-ring (bicyclic) bond motifs is 1. The van der Waals surface area contributed by atoms with Gasteiger partial charge in [0, 0.05) is 46.2 Å². The first kappa shape index (κ1) is 17.7. The molecule has 0 unspecified atom stereocenters. The van der Waals surface area contributed by atoms with E-state index in [1.807, 2.05) is 40.5 Å². The molecular formula is C20H26N6O. The Bertz CT molecular complexity index is 921. The fourth-order valence-electron chi connectivity index (χ4n) is 3.84. The van der Waals surface area contributed by atoms with Crippen LogP contribution in [0.3, 0.4) is 0 Å². The average Bonchev–Trinajstić information content (AvgIpc) is 3.23. The number of hydrogen-bond donors (Lipinski definition) is 0. The molecule has 1 aromatic carbocycles. The lowest BCUT2D eigenvalue weighted by atomic mass is 10.2. The van der Waals surface area contributed by atoms with Crippen molar-refractivity contribution in [2.45, 2.75) is 26.4 Å². The number of aromatic nitrogens is 4. The molecule has 1 amide bonds. The second-order valence-electron chi connectivity index (χ2n) is 7.20. The molecule has 7 nitrogen and oxygen atoms in total. The topological polar surface area (TPSA) is 59.2 Å². The quantitative estimate of drug-likeness (QED) is 0.691. The minimum absolute atomic E-state index is 0.208. The van der Waals surface area contributed by atoms with Crippen LogP contribution < -0.4 is 0 Å². The molecular weight excluding hydrogens is 340 g/mol. The van der Waals surface area contributed by atoms with E-state index in [1.54, 1.807) is 0 Å². The van der Waals surface area contributed by atoms with Gasteiger partial charge in [-0.2, -0.15) is 10.2 Å². The molecule has 4 rings (SSSR count). The van der Waals surface area contributed by atoms with Crippen molar-refractivity contribution in [2.75, 3.05) is 26.2 Å². The Morgan fingerprint density at radius 1 is 1.11 bits per heavy atom. The van der Waals surface area contributed by atoms with Gasteiger partial charge in [0.2, 0.25) is 5.91 Å². The summed E-state index contributed by atoms with van der Waals surface area (Å²) in [6.07, 6.45) is 2.30. The molecule has 0 radical (unpaired) electrons. The third-order valence-corrected chi connectivity index (χ3v) is 5.32. The normalized spacial score (nSPS) is 15.6. The van der Waals surface area contributed by atoms with E-state index in [1.165, 1.54) is 5.56 Å². The third-order valence-electron chi connectivity index (χ3n) is 5.32. The van der Waals surface area contributed by atoms with Crippen molar-refractivity contribution in [3.8, 4) is 0 Å². The lowest BCUT2D eigenvalue weighted by Crippen LogP contribution is -2.48. The van der Waals surface area contributed by atoms with Crippen LogP contribution >= 0.6 is 0 Å². The maximum atomic E-state index is 12.6. The molecule has 2 aromatic heterocycles. The van der Waals surface area contributed by atoms with Gasteiger partial charge in [-0.3, -0.25) is 19.1 Å². The van der Waals surface area contributed by atoms with Gasteiger partial charge in [0.1, 0.15) is 11.0 Å². The van der Waals surface area contributed by atoms with E-state index >= 15 is 0 Å². The van der Waals surface area contributed by atoms with Gasteiger partial charge in [0.05, 0.1) is 18.4 Å². The van der Waals surface area contributed by atoms with Crippen molar-refractivity contribution in [1.29, 1.82) is 0 Å². The third kappa shape index (κ3) is 3.73. The molecule has 3 heterocycles. The van der Waals surface area contributed by atoms with Crippen LogP contribution in [0.25, 0.3) is 11.0 Å².